The lowest BCUT2D eigenvalue weighted by Gasteiger charge is -2.29. The number of likely N-dealkylation sites (N-methyl/N-ethyl adjacent to an activating group) is 1. The predicted octanol–water partition coefficient (Wildman–Crippen LogP) is 3.98. The zero-order chi connectivity index (χ0) is 27.6. The monoisotopic (exact) mass is 617 g/mol. The van der Waals surface area contributed by atoms with Crippen LogP contribution in [0.2, 0.25) is 5.02 Å². The van der Waals surface area contributed by atoms with E-state index in [1.807, 2.05) is 26.0 Å². The Morgan fingerprint density at radius 3 is 2.50 bits per heavy atom. The smallest absolute Gasteiger partial charge is 0.341 e. The number of carboxylic acid groups (broad SMARTS) is 1. The minimum absolute atomic E-state index is 0.161. The molecule has 4 rings (SSSR count). The summed E-state index contributed by atoms with van der Waals surface area (Å²) in [4.78, 5) is 45.1. The van der Waals surface area contributed by atoms with Gasteiger partial charge in [-0.05, 0) is 78.2 Å². The molecule has 0 saturated carbocycles. The van der Waals surface area contributed by atoms with Gasteiger partial charge in [0, 0.05) is 18.1 Å². The lowest BCUT2D eigenvalue weighted by atomic mass is 9.94. The number of amides is 1. The van der Waals surface area contributed by atoms with Crippen LogP contribution in [0, 0.1) is 0 Å². The lowest BCUT2D eigenvalue weighted by molar-refractivity contribution is -0.139. The van der Waals surface area contributed by atoms with Gasteiger partial charge in [-0.15, -0.1) is 0 Å². The van der Waals surface area contributed by atoms with Crippen LogP contribution in [-0.2, 0) is 9.59 Å². The quantitative estimate of drug-likeness (QED) is 0.412. The van der Waals surface area contributed by atoms with Gasteiger partial charge in [0.1, 0.15) is 5.75 Å². The molecule has 1 N–H and O–H groups in total. The van der Waals surface area contributed by atoms with Gasteiger partial charge in [-0.25, -0.2) is 9.79 Å². The maximum absolute atomic E-state index is 13.8. The number of rotatable bonds is 8. The third-order valence-electron chi connectivity index (χ3n) is 6.09. The molecule has 0 fully saturated rings. The van der Waals surface area contributed by atoms with E-state index in [2.05, 4.69) is 20.9 Å². The summed E-state index contributed by atoms with van der Waals surface area (Å²) in [5.41, 5.74) is 2.22. The minimum Gasteiger partial charge on any atom is -0.481 e. The van der Waals surface area contributed by atoms with E-state index in [1.165, 1.54) is 11.3 Å². The van der Waals surface area contributed by atoms with E-state index in [1.54, 1.807) is 52.8 Å². The minimum atomic E-state index is -1.08. The van der Waals surface area contributed by atoms with E-state index < -0.39 is 18.6 Å². The predicted molar refractivity (Wildman–Crippen MR) is 150 cm³/mol. The summed E-state index contributed by atoms with van der Waals surface area (Å²) < 4.78 is 7.83. The number of fused-ring (bicyclic) bond motifs is 1. The Balaban J connectivity index is 1.85. The Morgan fingerprint density at radius 2 is 1.89 bits per heavy atom. The average molecular weight is 619 g/mol. The van der Waals surface area contributed by atoms with Crippen molar-refractivity contribution in [3.05, 3.63) is 94.0 Å². The second kappa shape index (κ2) is 11.7. The third kappa shape index (κ3) is 5.62. The van der Waals surface area contributed by atoms with Gasteiger partial charge in [-0.3, -0.25) is 14.2 Å². The van der Waals surface area contributed by atoms with Crippen LogP contribution in [0.15, 0.2) is 68.0 Å². The summed E-state index contributed by atoms with van der Waals surface area (Å²) >= 11 is 10.8. The van der Waals surface area contributed by atoms with Crippen LogP contribution in [0.3, 0.4) is 0 Å². The first-order valence-electron chi connectivity index (χ1n) is 11.9. The number of ether oxygens (including phenoxy) is 1. The summed E-state index contributed by atoms with van der Waals surface area (Å²) in [5.74, 6) is -0.859. The molecule has 8 nitrogen and oxygen atoms in total. The average Bonchev–Trinajstić information content (AvgIpc) is 3.18. The van der Waals surface area contributed by atoms with E-state index in [4.69, 9.17) is 21.4 Å². The Kier molecular flexibility index (Phi) is 8.54. The number of hydrogen-bond acceptors (Lipinski definition) is 6. The molecule has 1 aliphatic rings. The molecule has 1 amide bonds. The number of allylic oxidation sites excluding steroid dienone is 1. The second-order valence-corrected chi connectivity index (χ2v) is 10.8. The molecule has 198 valence electrons. The van der Waals surface area contributed by atoms with Crippen LogP contribution < -0.4 is 19.6 Å². The number of hydrogen-bond donors (Lipinski definition) is 1. The molecule has 1 aromatic heterocycles. The maximum atomic E-state index is 13.8. The number of aromatic nitrogens is 1. The molecule has 0 unspecified atom stereocenters. The van der Waals surface area contributed by atoms with E-state index in [0.717, 1.165) is 5.56 Å². The van der Waals surface area contributed by atoms with Gasteiger partial charge in [-0.2, -0.15) is 0 Å². The van der Waals surface area contributed by atoms with Crippen LogP contribution in [0.4, 0.5) is 0 Å². The van der Waals surface area contributed by atoms with Gasteiger partial charge < -0.3 is 14.7 Å². The van der Waals surface area contributed by atoms with Crippen molar-refractivity contribution in [3.8, 4) is 5.75 Å². The lowest BCUT2D eigenvalue weighted by Crippen LogP contribution is -2.43. The number of thiazole rings is 1. The molecular formula is C27H25BrClN3O5S. The molecule has 0 spiro atoms. The van der Waals surface area contributed by atoms with Crippen molar-refractivity contribution in [1.82, 2.24) is 9.47 Å². The largest absolute Gasteiger partial charge is 0.481 e. The number of carbonyl (C=O) groups excluding carboxylic acids is 1. The van der Waals surface area contributed by atoms with Crippen molar-refractivity contribution in [1.29, 1.82) is 0 Å². The molecule has 2 heterocycles. The molecule has 1 aliphatic heterocycles. The Bertz CT molecular complexity index is 1610. The molecule has 2 aromatic carbocycles. The van der Waals surface area contributed by atoms with Gasteiger partial charge in [-0.1, -0.05) is 41.1 Å². The summed E-state index contributed by atoms with van der Waals surface area (Å²) in [5, 5.41) is 9.40. The van der Waals surface area contributed by atoms with Crippen molar-refractivity contribution >= 4 is 56.8 Å². The fraction of sp³-hybridized carbons (Fsp3) is 0.259. The zero-order valence-corrected chi connectivity index (χ0v) is 24.1. The molecule has 11 heteroatoms. The van der Waals surface area contributed by atoms with Gasteiger partial charge in [0.25, 0.3) is 11.5 Å². The van der Waals surface area contributed by atoms with E-state index >= 15 is 0 Å². The number of aliphatic carboxylic acids is 1. The van der Waals surface area contributed by atoms with Crippen LogP contribution in [0.5, 0.6) is 5.75 Å². The van der Waals surface area contributed by atoms with Crippen LogP contribution in [0.1, 0.15) is 37.9 Å². The van der Waals surface area contributed by atoms with Crippen molar-refractivity contribution in [2.45, 2.75) is 26.8 Å². The van der Waals surface area contributed by atoms with Gasteiger partial charge >= 0.3 is 5.97 Å². The number of carboxylic acids is 1. The highest BCUT2D eigenvalue weighted by atomic mass is 79.9. The Labute approximate surface area is 236 Å². The molecular weight excluding hydrogens is 594 g/mol. The fourth-order valence-electron chi connectivity index (χ4n) is 4.25. The van der Waals surface area contributed by atoms with Crippen LogP contribution >= 0.6 is 38.9 Å². The number of nitrogens with zero attached hydrogens (tertiary/aromatic N) is 3. The Morgan fingerprint density at radius 1 is 1.21 bits per heavy atom. The molecule has 0 bridgehead atoms. The van der Waals surface area contributed by atoms with Crippen molar-refractivity contribution in [2.24, 2.45) is 4.99 Å². The van der Waals surface area contributed by atoms with Crippen LogP contribution in [-0.4, -0.2) is 46.1 Å². The molecule has 3 aromatic rings. The SMILES string of the molecule is CCN(CC)C(=O)C1=C(C)N=c2s/c(=C\c3ccc(OCC(=O)O)c(Br)c3)c(=O)n2[C@H]1c1ccc(Cl)cc1. The zero-order valence-electron chi connectivity index (χ0n) is 20.9. The summed E-state index contributed by atoms with van der Waals surface area (Å²) in [6, 6.07) is 11.6. The van der Waals surface area contributed by atoms with E-state index in [0.29, 0.717) is 54.5 Å². The Hall–Kier alpha value is -3.21. The first kappa shape index (κ1) is 27.8. The highest BCUT2D eigenvalue weighted by Crippen LogP contribution is 2.32. The first-order chi connectivity index (χ1) is 18.1. The van der Waals surface area contributed by atoms with Gasteiger partial charge in [0.05, 0.1) is 26.3 Å². The topological polar surface area (TPSA) is 101 Å². The van der Waals surface area contributed by atoms with Crippen molar-refractivity contribution in [3.63, 3.8) is 0 Å². The second-order valence-electron chi connectivity index (χ2n) is 8.48. The maximum Gasteiger partial charge on any atom is 0.341 e. The van der Waals surface area contributed by atoms with Crippen LogP contribution in [0.25, 0.3) is 6.08 Å². The normalized spacial score (nSPS) is 15.2. The molecule has 38 heavy (non-hydrogen) atoms. The number of benzene rings is 2. The van der Waals surface area contributed by atoms with E-state index in [9.17, 15) is 14.4 Å². The van der Waals surface area contributed by atoms with Crippen molar-refractivity contribution in [2.75, 3.05) is 19.7 Å². The molecule has 0 aliphatic carbocycles. The standard InChI is InChI=1S/C27H25BrClN3O5S/c1-4-31(5-2)26(36)23-15(3)30-27-32(24(23)17-7-9-18(29)10-8-17)25(35)21(38-27)13-16-6-11-20(19(28)12-16)37-14-22(33)34/h6-13,24H,4-5,14H2,1-3H3,(H,33,34)/b21-13-/t24-/m0/s1. The number of carbonyl (C=O) groups is 2. The highest BCUT2D eigenvalue weighted by molar-refractivity contribution is 9.10. The highest BCUT2D eigenvalue weighted by Gasteiger charge is 2.34. The fourth-order valence-corrected chi connectivity index (χ4v) is 5.94. The van der Waals surface area contributed by atoms with Gasteiger partial charge in [0.2, 0.25) is 0 Å². The molecule has 0 radical (unpaired) electrons. The van der Waals surface area contributed by atoms with Gasteiger partial charge in [0.15, 0.2) is 11.4 Å². The van der Waals surface area contributed by atoms with E-state index in [-0.39, 0.29) is 11.5 Å². The summed E-state index contributed by atoms with van der Waals surface area (Å²) in [6.07, 6.45) is 1.74. The summed E-state index contributed by atoms with van der Waals surface area (Å²) in [7, 11) is 0. The third-order valence-corrected chi connectivity index (χ3v) is 7.95. The molecule has 1 atom stereocenters. The van der Waals surface area contributed by atoms with Crippen molar-refractivity contribution < 1.29 is 19.4 Å². The number of halogens is 2. The first-order valence-corrected chi connectivity index (χ1v) is 13.8. The summed E-state index contributed by atoms with van der Waals surface area (Å²) in [6.45, 7) is 6.23. The molecule has 0 saturated heterocycles.